The van der Waals surface area contributed by atoms with Gasteiger partial charge < -0.3 is 9.64 Å². The Morgan fingerprint density at radius 2 is 1.55 bits per heavy atom. The van der Waals surface area contributed by atoms with Crippen LogP contribution in [0.15, 0.2) is 83.8 Å². The Labute approximate surface area is 181 Å². The van der Waals surface area contributed by atoms with E-state index in [1.165, 1.54) is 4.31 Å². The van der Waals surface area contributed by atoms with E-state index in [1.807, 2.05) is 31.2 Å². The van der Waals surface area contributed by atoms with Crippen molar-refractivity contribution in [3.8, 4) is 5.75 Å². The molecule has 0 bridgehead atoms. The average molecular weight is 435 g/mol. The van der Waals surface area contributed by atoms with Crippen molar-refractivity contribution in [2.75, 3.05) is 15.7 Å². The summed E-state index contributed by atoms with van der Waals surface area (Å²) in [5.41, 5.74) is 2.40. The number of rotatable bonds is 3. The molecular formula is C24H22N2O4S. The molecule has 2 atom stereocenters. The Kier molecular flexibility index (Phi) is 4.70. The highest BCUT2D eigenvalue weighted by Gasteiger charge is 2.42. The van der Waals surface area contributed by atoms with E-state index in [9.17, 15) is 13.2 Å². The first-order chi connectivity index (χ1) is 15.0. The zero-order chi connectivity index (χ0) is 21.6. The van der Waals surface area contributed by atoms with Crippen molar-refractivity contribution in [3.63, 3.8) is 0 Å². The van der Waals surface area contributed by atoms with Gasteiger partial charge in [-0.1, -0.05) is 48.5 Å². The number of nitrogens with zero attached hydrogens (tertiary/aromatic N) is 2. The first-order valence-corrected chi connectivity index (χ1v) is 11.7. The number of ether oxygens (including phenoxy) is 1. The van der Waals surface area contributed by atoms with Gasteiger partial charge in [-0.3, -0.25) is 9.10 Å². The maximum absolute atomic E-state index is 13.6. The van der Waals surface area contributed by atoms with Crippen LogP contribution in [0.4, 0.5) is 11.4 Å². The minimum Gasteiger partial charge on any atom is -0.476 e. The number of benzene rings is 3. The summed E-state index contributed by atoms with van der Waals surface area (Å²) in [4.78, 5) is 15.5. The Morgan fingerprint density at radius 1 is 0.903 bits per heavy atom. The van der Waals surface area contributed by atoms with Crippen molar-refractivity contribution < 1.29 is 17.9 Å². The first kappa shape index (κ1) is 19.6. The van der Waals surface area contributed by atoms with E-state index < -0.39 is 16.1 Å². The Bertz CT molecular complexity index is 1240. The summed E-state index contributed by atoms with van der Waals surface area (Å²) in [5.74, 6) is 0.145. The summed E-state index contributed by atoms with van der Waals surface area (Å²) in [6, 6.07) is 23.0. The van der Waals surface area contributed by atoms with Crippen LogP contribution in [0, 0.1) is 0 Å². The molecule has 2 heterocycles. The van der Waals surface area contributed by atoms with E-state index in [2.05, 4.69) is 0 Å². The maximum atomic E-state index is 13.6. The van der Waals surface area contributed by atoms with Crippen LogP contribution in [0.5, 0.6) is 5.75 Å². The highest BCUT2D eigenvalue weighted by molar-refractivity contribution is 7.92. The van der Waals surface area contributed by atoms with Gasteiger partial charge in [-0.05, 0) is 49.2 Å². The molecular weight excluding hydrogens is 412 g/mol. The predicted molar refractivity (Wildman–Crippen MR) is 119 cm³/mol. The molecule has 1 amide bonds. The number of amides is 1. The molecule has 0 radical (unpaired) electrons. The highest BCUT2D eigenvalue weighted by atomic mass is 32.2. The van der Waals surface area contributed by atoms with E-state index in [1.54, 1.807) is 59.5 Å². The number of anilines is 2. The Hall–Kier alpha value is -3.32. The second kappa shape index (κ2) is 7.42. The zero-order valence-corrected chi connectivity index (χ0v) is 17.8. The van der Waals surface area contributed by atoms with Crippen LogP contribution in [0.2, 0.25) is 0 Å². The monoisotopic (exact) mass is 434 g/mol. The lowest BCUT2D eigenvalue weighted by atomic mass is 10.1. The molecule has 0 spiro atoms. The fourth-order valence-corrected chi connectivity index (χ4v) is 5.83. The largest absolute Gasteiger partial charge is 0.476 e. The smallest absolute Gasteiger partial charge is 0.270 e. The summed E-state index contributed by atoms with van der Waals surface area (Å²) in [7, 11) is -3.86. The third-order valence-electron chi connectivity index (χ3n) is 5.79. The molecule has 2 aliphatic rings. The number of fused-ring (bicyclic) bond motifs is 2. The number of para-hydroxylation sites is 3. The molecule has 3 aromatic rings. The zero-order valence-electron chi connectivity index (χ0n) is 17.0. The summed E-state index contributed by atoms with van der Waals surface area (Å²) in [6.45, 7) is 1.91. The molecule has 0 N–H and O–H groups in total. The highest BCUT2D eigenvalue weighted by Crippen LogP contribution is 2.39. The van der Waals surface area contributed by atoms with Crippen molar-refractivity contribution in [2.45, 2.75) is 30.4 Å². The summed E-state index contributed by atoms with van der Waals surface area (Å²) in [6.07, 6.45) is -0.181. The topological polar surface area (TPSA) is 66.9 Å². The van der Waals surface area contributed by atoms with Gasteiger partial charge in [0.15, 0.2) is 6.10 Å². The fourth-order valence-electron chi connectivity index (χ4n) is 4.33. The lowest BCUT2D eigenvalue weighted by Crippen LogP contribution is -2.53. The lowest BCUT2D eigenvalue weighted by molar-refractivity contribution is -0.125. The molecule has 6 nitrogen and oxygen atoms in total. The number of hydrogen-bond donors (Lipinski definition) is 0. The van der Waals surface area contributed by atoms with E-state index in [-0.39, 0.29) is 23.4 Å². The van der Waals surface area contributed by atoms with Gasteiger partial charge in [-0.25, -0.2) is 8.42 Å². The number of hydrogen-bond acceptors (Lipinski definition) is 4. The lowest BCUT2D eigenvalue weighted by Gasteiger charge is -2.37. The van der Waals surface area contributed by atoms with Crippen LogP contribution in [0.1, 0.15) is 12.5 Å². The molecule has 5 rings (SSSR count). The van der Waals surface area contributed by atoms with Crippen LogP contribution in [-0.4, -0.2) is 33.0 Å². The van der Waals surface area contributed by atoms with Crippen LogP contribution in [0.25, 0.3) is 0 Å². The van der Waals surface area contributed by atoms with Crippen LogP contribution in [0.3, 0.4) is 0 Å². The number of carbonyl (C=O) groups is 1. The van der Waals surface area contributed by atoms with Gasteiger partial charge in [0.2, 0.25) is 0 Å². The Balaban J connectivity index is 1.53. The maximum Gasteiger partial charge on any atom is 0.270 e. The fraction of sp³-hybridized carbons (Fsp3) is 0.208. The quantitative estimate of drug-likeness (QED) is 0.632. The van der Waals surface area contributed by atoms with Gasteiger partial charge in [-0.15, -0.1) is 0 Å². The minimum atomic E-state index is -3.86. The third-order valence-corrected chi connectivity index (χ3v) is 7.58. The molecule has 0 aromatic heterocycles. The van der Waals surface area contributed by atoms with Crippen molar-refractivity contribution in [3.05, 3.63) is 84.4 Å². The molecule has 7 heteroatoms. The second-order valence-corrected chi connectivity index (χ2v) is 9.68. The summed E-state index contributed by atoms with van der Waals surface area (Å²) in [5, 5.41) is 0. The third kappa shape index (κ3) is 3.25. The molecule has 31 heavy (non-hydrogen) atoms. The molecule has 0 aliphatic carbocycles. The van der Waals surface area contributed by atoms with Crippen molar-refractivity contribution >= 4 is 27.3 Å². The van der Waals surface area contributed by atoms with Crippen LogP contribution in [-0.2, 0) is 21.2 Å². The summed E-state index contributed by atoms with van der Waals surface area (Å²) < 4.78 is 34.2. The average Bonchev–Trinajstić information content (AvgIpc) is 3.14. The normalized spacial score (nSPS) is 20.0. The predicted octanol–water partition coefficient (Wildman–Crippen LogP) is 3.62. The van der Waals surface area contributed by atoms with E-state index in [4.69, 9.17) is 4.74 Å². The number of carbonyl (C=O) groups excluding carboxylic acids is 1. The second-order valence-electron chi connectivity index (χ2n) is 7.81. The Morgan fingerprint density at radius 3 is 2.32 bits per heavy atom. The SMILES string of the molecule is C[C@@H]1Cc2ccccc2N1C(=O)[C@@H]1CN(S(=O)(=O)c2ccccc2)c2ccccc2O1. The molecule has 2 aliphatic heterocycles. The van der Waals surface area contributed by atoms with E-state index in [0.29, 0.717) is 11.4 Å². The minimum absolute atomic E-state index is 0.0233. The molecule has 0 fully saturated rings. The molecule has 0 saturated carbocycles. The molecule has 158 valence electrons. The molecule has 0 unspecified atom stereocenters. The van der Waals surface area contributed by atoms with Gasteiger partial charge in [-0.2, -0.15) is 0 Å². The van der Waals surface area contributed by atoms with Crippen molar-refractivity contribution in [2.24, 2.45) is 0 Å². The molecule has 3 aromatic carbocycles. The van der Waals surface area contributed by atoms with Gasteiger partial charge in [0, 0.05) is 11.7 Å². The standard InChI is InChI=1S/C24H22N2O4S/c1-17-15-18-9-5-6-12-20(18)26(17)24(27)23-16-25(21-13-7-8-14-22(21)30-23)31(28,29)19-10-3-2-4-11-19/h2-14,17,23H,15-16H2,1H3/t17-,23+/m1/s1. The van der Waals surface area contributed by atoms with Gasteiger partial charge in [0.25, 0.3) is 15.9 Å². The van der Waals surface area contributed by atoms with Crippen molar-refractivity contribution in [1.29, 1.82) is 0 Å². The van der Waals surface area contributed by atoms with E-state index >= 15 is 0 Å². The van der Waals surface area contributed by atoms with Gasteiger partial charge in [0.05, 0.1) is 17.1 Å². The van der Waals surface area contributed by atoms with Gasteiger partial charge in [0.1, 0.15) is 5.75 Å². The molecule has 0 saturated heterocycles. The first-order valence-electron chi connectivity index (χ1n) is 10.2. The van der Waals surface area contributed by atoms with Crippen LogP contribution < -0.4 is 13.9 Å². The van der Waals surface area contributed by atoms with Crippen LogP contribution >= 0.6 is 0 Å². The summed E-state index contributed by atoms with van der Waals surface area (Å²) >= 11 is 0. The van der Waals surface area contributed by atoms with Gasteiger partial charge >= 0.3 is 0 Å². The van der Waals surface area contributed by atoms with E-state index in [0.717, 1.165) is 17.7 Å². The van der Waals surface area contributed by atoms with Crippen molar-refractivity contribution in [1.82, 2.24) is 0 Å². The number of sulfonamides is 1.